The van der Waals surface area contributed by atoms with Gasteiger partial charge >= 0.3 is 29.8 Å². The molecular weight excluding hydrogens is 586 g/mol. The van der Waals surface area contributed by atoms with Gasteiger partial charge in [0.2, 0.25) is 5.90 Å². The van der Waals surface area contributed by atoms with Gasteiger partial charge in [-0.1, -0.05) is 24.3 Å². The van der Waals surface area contributed by atoms with Gasteiger partial charge in [-0.05, 0) is 72.1 Å². The van der Waals surface area contributed by atoms with Crippen LogP contribution in [0.3, 0.4) is 0 Å². The molecule has 0 spiro atoms. The summed E-state index contributed by atoms with van der Waals surface area (Å²) in [6.07, 6.45) is 0. The van der Waals surface area contributed by atoms with Crippen molar-refractivity contribution in [3.05, 3.63) is 112 Å². The summed E-state index contributed by atoms with van der Waals surface area (Å²) in [4.78, 5) is 65.8. The van der Waals surface area contributed by atoms with Gasteiger partial charge in [0.25, 0.3) is 0 Å². The second kappa shape index (κ2) is 11.3. The van der Waals surface area contributed by atoms with E-state index in [0.717, 1.165) is 35.9 Å². The fraction of sp³-hybridized carbons (Fsp3) is 0.0303. The third-order valence-corrected chi connectivity index (χ3v) is 7.24. The Morgan fingerprint density at radius 1 is 0.467 bits per heavy atom. The van der Waals surface area contributed by atoms with Gasteiger partial charge in [-0.15, -0.1) is 0 Å². The fourth-order valence-electron chi connectivity index (χ4n) is 5.40. The number of benzene rings is 5. The summed E-state index contributed by atoms with van der Waals surface area (Å²) in [7, 11) is 0. The zero-order valence-corrected chi connectivity index (χ0v) is 23.1. The van der Waals surface area contributed by atoms with Gasteiger partial charge in [0, 0.05) is 27.1 Å². The molecule has 0 fully saturated rings. The number of hydrogen-bond acceptors (Lipinski definition) is 6. The van der Waals surface area contributed by atoms with E-state index >= 15 is 0 Å². The second-order valence-corrected chi connectivity index (χ2v) is 9.94. The third-order valence-electron chi connectivity index (χ3n) is 7.24. The second-order valence-electron chi connectivity index (χ2n) is 9.94. The molecule has 0 aliphatic carbocycles. The van der Waals surface area contributed by atoms with Gasteiger partial charge in [-0.2, -0.15) is 0 Å². The number of aromatic carboxylic acids is 5. The zero-order valence-electron chi connectivity index (χ0n) is 23.1. The van der Waals surface area contributed by atoms with Gasteiger partial charge in [0.15, 0.2) is 0 Å². The summed E-state index contributed by atoms with van der Waals surface area (Å²) < 4.78 is 0. The molecule has 5 aromatic rings. The minimum absolute atomic E-state index is 0.0652. The number of aliphatic hydroxyl groups excluding tert-OH is 1. The van der Waals surface area contributed by atoms with Crippen LogP contribution >= 0.6 is 0 Å². The Morgan fingerprint density at radius 2 is 0.822 bits per heavy atom. The van der Waals surface area contributed by atoms with Crippen LogP contribution in [0.5, 0.6) is 0 Å². The highest BCUT2D eigenvalue weighted by molar-refractivity contribution is 6.26. The highest BCUT2D eigenvalue weighted by Gasteiger charge is 2.28. The Bertz CT molecular complexity index is 2160. The third kappa shape index (κ3) is 5.16. The molecule has 5 rings (SSSR count). The Hall–Kier alpha value is -6.56. The smallest absolute Gasteiger partial charge is 0.336 e. The van der Waals surface area contributed by atoms with Crippen molar-refractivity contribution in [2.45, 2.75) is 6.92 Å². The van der Waals surface area contributed by atoms with Crippen molar-refractivity contribution in [1.82, 2.24) is 0 Å². The van der Waals surface area contributed by atoms with Gasteiger partial charge in [-0.3, -0.25) is 0 Å². The lowest BCUT2D eigenvalue weighted by molar-refractivity contribution is 0.0680. The summed E-state index contributed by atoms with van der Waals surface area (Å²) >= 11 is 0. The Morgan fingerprint density at radius 3 is 1.22 bits per heavy atom. The van der Waals surface area contributed by atoms with Gasteiger partial charge in [0.1, 0.15) is 0 Å². The minimum Gasteiger partial charge on any atom is -0.493 e. The monoisotopic (exact) mass is 607 g/mol. The van der Waals surface area contributed by atoms with E-state index in [9.17, 15) is 54.6 Å². The predicted molar refractivity (Wildman–Crippen MR) is 162 cm³/mol. The molecule has 224 valence electrons. The van der Waals surface area contributed by atoms with Crippen LogP contribution in [-0.2, 0) is 0 Å². The van der Waals surface area contributed by atoms with Crippen molar-refractivity contribution >= 4 is 63.0 Å². The molecule has 6 N–H and O–H groups in total. The summed E-state index contributed by atoms with van der Waals surface area (Å²) in [5.41, 5.74) is -1.57. The first kappa shape index (κ1) is 29.9. The molecule has 0 amide bonds. The van der Waals surface area contributed by atoms with Crippen LogP contribution in [0.4, 0.5) is 5.69 Å². The van der Waals surface area contributed by atoms with E-state index in [1.165, 1.54) is 18.2 Å². The summed E-state index contributed by atoms with van der Waals surface area (Å²) in [6.45, 7) is 1.79. The predicted octanol–water partition coefficient (Wildman–Crippen LogP) is 6.10. The molecule has 0 saturated heterocycles. The lowest BCUT2D eigenvalue weighted by atomic mass is 9.84. The molecule has 0 heterocycles. The van der Waals surface area contributed by atoms with E-state index < -0.39 is 68.9 Å². The van der Waals surface area contributed by atoms with Gasteiger partial charge < -0.3 is 30.6 Å². The number of aliphatic imine (C=N–C) groups is 1. The first-order chi connectivity index (χ1) is 21.3. The molecule has 12 heteroatoms. The average molecular weight is 608 g/mol. The maximum absolute atomic E-state index is 12.5. The number of aliphatic hydroxyl groups is 1. The highest BCUT2D eigenvalue weighted by atomic mass is 16.4. The van der Waals surface area contributed by atoms with Gasteiger partial charge in [0.05, 0.1) is 33.5 Å². The number of carboxylic acid groups (broad SMARTS) is 5. The molecule has 0 radical (unpaired) electrons. The van der Waals surface area contributed by atoms with Crippen molar-refractivity contribution in [2.24, 2.45) is 4.99 Å². The SMILES string of the molecule is Cc1cccc(N=C(O)c2ccc(-c3ccc(C(=O)O)c4c(C(=O)O)ccc(C(=O)O)c34)c3c(C(=O)O)ccc(C(=O)O)c23)c1. The number of carbonyl (C=O) groups is 5. The highest BCUT2D eigenvalue weighted by Crippen LogP contribution is 2.42. The number of fused-ring (bicyclic) bond motifs is 2. The molecule has 0 aromatic heterocycles. The van der Waals surface area contributed by atoms with E-state index in [1.807, 2.05) is 0 Å². The van der Waals surface area contributed by atoms with E-state index in [1.54, 1.807) is 31.2 Å². The number of aryl methyl sites for hydroxylation is 1. The van der Waals surface area contributed by atoms with Crippen LogP contribution in [0.1, 0.15) is 62.9 Å². The number of carboxylic acids is 5. The van der Waals surface area contributed by atoms with Crippen LogP contribution in [0.15, 0.2) is 77.8 Å². The lowest BCUT2D eigenvalue weighted by Gasteiger charge is -2.19. The molecule has 45 heavy (non-hydrogen) atoms. The van der Waals surface area contributed by atoms with Crippen LogP contribution in [0.25, 0.3) is 32.7 Å². The van der Waals surface area contributed by atoms with Crippen molar-refractivity contribution in [3.8, 4) is 11.1 Å². The van der Waals surface area contributed by atoms with E-state index in [-0.39, 0.29) is 32.8 Å². The molecule has 0 aliphatic rings. The number of hydrogen-bond donors (Lipinski definition) is 6. The Labute approximate surface area is 252 Å². The quantitative estimate of drug-likeness (QED) is 0.0874. The standard InChI is InChI=1S/C33H21NO11/c1-14-3-2-4-15(13-14)34-28(35)18-7-5-16(24-19(29(36)37)9-11-21(26(18)24)31(40)41)17-6-8-22(32(42)43)27-23(33(44)45)12-10-20(25(17)27)30(38)39/h2-13H,1H3,(H,34,35)(H,36,37)(H,38,39)(H,40,41)(H,42,43)(H,44,45). The van der Waals surface area contributed by atoms with E-state index in [0.29, 0.717) is 5.69 Å². The average Bonchev–Trinajstić information content (AvgIpc) is 2.98. The first-order valence-electron chi connectivity index (χ1n) is 13.0. The molecule has 0 saturated carbocycles. The van der Waals surface area contributed by atoms with Crippen LogP contribution < -0.4 is 0 Å². The number of rotatable bonds is 8. The molecule has 0 unspecified atom stereocenters. The molecular formula is C33H21NO11. The fourth-order valence-corrected chi connectivity index (χ4v) is 5.40. The maximum atomic E-state index is 12.5. The first-order valence-corrected chi connectivity index (χ1v) is 13.0. The molecule has 0 atom stereocenters. The van der Waals surface area contributed by atoms with E-state index in [2.05, 4.69) is 4.99 Å². The van der Waals surface area contributed by atoms with Crippen molar-refractivity contribution in [3.63, 3.8) is 0 Å². The lowest BCUT2D eigenvalue weighted by Crippen LogP contribution is -2.10. The van der Waals surface area contributed by atoms with Crippen LogP contribution in [-0.4, -0.2) is 66.4 Å². The van der Waals surface area contributed by atoms with Crippen molar-refractivity contribution in [2.75, 3.05) is 0 Å². The molecule has 12 nitrogen and oxygen atoms in total. The zero-order chi connectivity index (χ0) is 32.7. The molecule has 0 aliphatic heterocycles. The van der Waals surface area contributed by atoms with Crippen LogP contribution in [0, 0.1) is 6.92 Å². The Balaban J connectivity index is 2.02. The largest absolute Gasteiger partial charge is 0.493 e. The topological polar surface area (TPSA) is 219 Å². The maximum Gasteiger partial charge on any atom is 0.336 e. The summed E-state index contributed by atoms with van der Waals surface area (Å²) in [5, 5.41) is 60.0. The summed E-state index contributed by atoms with van der Waals surface area (Å²) in [6, 6.07) is 15.5. The molecule has 0 bridgehead atoms. The Kier molecular flexibility index (Phi) is 7.49. The van der Waals surface area contributed by atoms with Crippen molar-refractivity contribution in [1.29, 1.82) is 0 Å². The molecule has 5 aromatic carbocycles. The minimum atomic E-state index is -1.55. The van der Waals surface area contributed by atoms with E-state index in [4.69, 9.17) is 0 Å². The summed E-state index contributed by atoms with van der Waals surface area (Å²) in [5.74, 6) is -8.25. The van der Waals surface area contributed by atoms with Crippen LogP contribution in [0.2, 0.25) is 0 Å². The van der Waals surface area contributed by atoms with Crippen molar-refractivity contribution < 1.29 is 54.6 Å². The van der Waals surface area contributed by atoms with Gasteiger partial charge in [-0.25, -0.2) is 29.0 Å². The normalized spacial score (nSPS) is 11.4. The number of nitrogens with zero attached hydrogens (tertiary/aromatic N) is 1.